The van der Waals surface area contributed by atoms with Gasteiger partial charge in [-0.05, 0) is 103 Å². The molecule has 57 heavy (non-hydrogen) atoms. The van der Waals surface area contributed by atoms with E-state index in [4.69, 9.17) is 0 Å². The highest BCUT2D eigenvalue weighted by Crippen LogP contribution is 2.50. The zero-order chi connectivity index (χ0) is 38.0. The molecule has 0 fully saturated rings. The lowest BCUT2D eigenvalue weighted by Crippen LogP contribution is -2.11. The van der Waals surface area contributed by atoms with Crippen LogP contribution >= 0.6 is 0 Å². The number of fused-ring (bicyclic) bond motifs is 3. The van der Waals surface area contributed by atoms with Crippen molar-refractivity contribution < 1.29 is 0 Å². The topological polar surface area (TPSA) is 3.24 Å². The van der Waals surface area contributed by atoms with Crippen molar-refractivity contribution in [2.45, 2.75) is 0 Å². The summed E-state index contributed by atoms with van der Waals surface area (Å²) in [5, 5.41) is 4.90. The van der Waals surface area contributed by atoms with E-state index in [1.165, 1.54) is 66.1 Å². The minimum Gasteiger partial charge on any atom is -0.310 e. The summed E-state index contributed by atoms with van der Waals surface area (Å²) in [5.41, 5.74) is 15.2. The third kappa shape index (κ3) is 6.46. The van der Waals surface area contributed by atoms with Crippen LogP contribution in [0.15, 0.2) is 237 Å². The van der Waals surface area contributed by atoms with Gasteiger partial charge in [0.1, 0.15) is 0 Å². The van der Waals surface area contributed by atoms with Crippen LogP contribution in [0.1, 0.15) is 0 Å². The lowest BCUT2D eigenvalue weighted by atomic mass is 9.84. The maximum Gasteiger partial charge on any atom is 0.0546 e. The monoisotopic (exact) mass is 725 g/mol. The predicted octanol–water partition coefficient (Wildman–Crippen LogP) is 15.8. The molecule has 0 aliphatic rings. The molecule has 1 heteroatoms. The Morgan fingerprint density at radius 3 is 1.16 bits per heavy atom. The van der Waals surface area contributed by atoms with Crippen LogP contribution in [-0.2, 0) is 0 Å². The third-order valence-electron chi connectivity index (χ3n) is 11.0. The minimum absolute atomic E-state index is 1.08. The molecule has 10 rings (SSSR count). The summed E-state index contributed by atoms with van der Waals surface area (Å²) in [7, 11) is 0. The zero-order valence-electron chi connectivity index (χ0n) is 31.5. The molecule has 0 aromatic heterocycles. The zero-order valence-corrected chi connectivity index (χ0v) is 31.5. The number of benzene rings is 10. The van der Waals surface area contributed by atoms with Crippen molar-refractivity contribution in [3.63, 3.8) is 0 Å². The van der Waals surface area contributed by atoms with Gasteiger partial charge in [-0.2, -0.15) is 0 Å². The lowest BCUT2D eigenvalue weighted by Gasteiger charge is -2.30. The average Bonchev–Trinajstić information content (AvgIpc) is 3.30. The van der Waals surface area contributed by atoms with E-state index in [1.807, 2.05) is 0 Å². The van der Waals surface area contributed by atoms with Crippen LogP contribution in [0.25, 0.3) is 77.2 Å². The number of nitrogens with zero attached hydrogens (tertiary/aromatic N) is 1. The van der Waals surface area contributed by atoms with Crippen LogP contribution < -0.4 is 4.90 Å². The molecular weight excluding hydrogens is 687 g/mol. The fraction of sp³-hybridized carbons (Fsp3) is 0. The van der Waals surface area contributed by atoms with Gasteiger partial charge in [0.15, 0.2) is 0 Å². The smallest absolute Gasteiger partial charge is 0.0546 e. The van der Waals surface area contributed by atoms with Gasteiger partial charge in [0.05, 0.1) is 5.69 Å². The largest absolute Gasteiger partial charge is 0.310 e. The Balaban J connectivity index is 1.33. The molecule has 0 aliphatic heterocycles. The van der Waals surface area contributed by atoms with E-state index in [2.05, 4.69) is 241 Å². The van der Waals surface area contributed by atoms with Gasteiger partial charge in [-0.3, -0.25) is 0 Å². The van der Waals surface area contributed by atoms with Crippen molar-refractivity contribution in [2.24, 2.45) is 0 Å². The van der Waals surface area contributed by atoms with Crippen LogP contribution in [0.5, 0.6) is 0 Å². The van der Waals surface area contributed by atoms with Crippen LogP contribution in [0.3, 0.4) is 0 Å². The molecule has 0 aliphatic carbocycles. The van der Waals surface area contributed by atoms with Gasteiger partial charge in [0.25, 0.3) is 0 Å². The van der Waals surface area contributed by atoms with Gasteiger partial charge >= 0.3 is 0 Å². The Hall–Kier alpha value is -7.48. The van der Waals surface area contributed by atoms with Crippen molar-refractivity contribution in [1.29, 1.82) is 0 Å². The molecule has 0 N–H and O–H groups in total. The second kappa shape index (κ2) is 15.0. The standard InChI is InChI=1S/C56H39N/c1-6-19-40(20-7-1)43-33-35-48(36-34-43)57(49-38-46(41-21-8-2-9-22-41)37-47(39-49)42-23-10-3-11-24-42)53-32-18-31-52-50-29-16-17-30-51(50)54(44-25-12-4-13-26-44)55(56(52)53)45-27-14-5-15-28-45/h1-39H. The molecule has 0 radical (unpaired) electrons. The summed E-state index contributed by atoms with van der Waals surface area (Å²) in [6.45, 7) is 0. The minimum atomic E-state index is 1.08. The van der Waals surface area contributed by atoms with Crippen molar-refractivity contribution >= 4 is 38.6 Å². The number of anilines is 3. The summed E-state index contributed by atoms with van der Waals surface area (Å²) in [4.78, 5) is 2.48. The highest BCUT2D eigenvalue weighted by atomic mass is 15.1. The Morgan fingerprint density at radius 1 is 0.228 bits per heavy atom. The van der Waals surface area contributed by atoms with E-state index < -0.39 is 0 Å². The van der Waals surface area contributed by atoms with Crippen LogP contribution in [-0.4, -0.2) is 0 Å². The first-order chi connectivity index (χ1) is 28.3. The molecular formula is C56H39N. The molecule has 0 atom stereocenters. The van der Waals surface area contributed by atoms with Crippen LogP contribution in [0, 0.1) is 0 Å². The third-order valence-corrected chi connectivity index (χ3v) is 11.0. The summed E-state index contributed by atoms with van der Waals surface area (Å²) in [6.07, 6.45) is 0. The van der Waals surface area contributed by atoms with E-state index in [9.17, 15) is 0 Å². The molecule has 268 valence electrons. The summed E-state index contributed by atoms with van der Waals surface area (Å²) in [6, 6.07) is 85.8. The van der Waals surface area contributed by atoms with Crippen molar-refractivity contribution in [2.75, 3.05) is 4.90 Å². The Bertz CT molecular complexity index is 2900. The molecule has 0 spiro atoms. The predicted molar refractivity (Wildman–Crippen MR) is 243 cm³/mol. The summed E-state index contributed by atoms with van der Waals surface area (Å²) < 4.78 is 0. The summed E-state index contributed by atoms with van der Waals surface area (Å²) >= 11 is 0. The summed E-state index contributed by atoms with van der Waals surface area (Å²) in [5.74, 6) is 0. The van der Waals surface area contributed by atoms with Crippen LogP contribution in [0.2, 0.25) is 0 Å². The van der Waals surface area contributed by atoms with Gasteiger partial charge < -0.3 is 4.90 Å². The van der Waals surface area contributed by atoms with Gasteiger partial charge in [-0.1, -0.05) is 200 Å². The van der Waals surface area contributed by atoms with Gasteiger partial charge in [0, 0.05) is 22.3 Å². The van der Waals surface area contributed by atoms with Gasteiger partial charge in [0.2, 0.25) is 0 Å². The first kappa shape index (κ1) is 34.0. The number of hydrogen-bond acceptors (Lipinski definition) is 1. The number of hydrogen-bond donors (Lipinski definition) is 0. The molecule has 0 unspecified atom stereocenters. The first-order valence-electron chi connectivity index (χ1n) is 19.6. The van der Waals surface area contributed by atoms with Gasteiger partial charge in [-0.15, -0.1) is 0 Å². The Morgan fingerprint density at radius 2 is 0.632 bits per heavy atom. The maximum absolute atomic E-state index is 2.48. The molecule has 0 amide bonds. The van der Waals surface area contributed by atoms with E-state index in [0.29, 0.717) is 0 Å². The first-order valence-corrected chi connectivity index (χ1v) is 19.6. The Labute approximate surface area is 334 Å². The van der Waals surface area contributed by atoms with Crippen molar-refractivity contribution in [1.82, 2.24) is 0 Å². The fourth-order valence-corrected chi connectivity index (χ4v) is 8.40. The van der Waals surface area contributed by atoms with Crippen molar-refractivity contribution in [3.8, 4) is 55.6 Å². The lowest BCUT2D eigenvalue weighted by molar-refractivity contribution is 1.30. The second-order valence-electron chi connectivity index (χ2n) is 14.5. The molecule has 0 heterocycles. The highest BCUT2D eigenvalue weighted by molar-refractivity contribution is 6.25. The van der Waals surface area contributed by atoms with E-state index >= 15 is 0 Å². The quantitative estimate of drug-likeness (QED) is 0.141. The molecule has 10 aromatic rings. The second-order valence-corrected chi connectivity index (χ2v) is 14.5. The maximum atomic E-state index is 2.48. The number of rotatable bonds is 8. The van der Waals surface area contributed by atoms with Crippen LogP contribution in [0.4, 0.5) is 17.1 Å². The average molecular weight is 726 g/mol. The molecule has 0 saturated carbocycles. The molecule has 0 bridgehead atoms. The molecule has 0 saturated heterocycles. The van der Waals surface area contributed by atoms with E-state index in [-0.39, 0.29) is 0 Å². The normalized spacial score (nSPS) is 11.2. The Kier molecular flexibility index (Phi) is 8.95. The van der Waals surface area contributed by atoms with E-state index in [1.54, 1.807) is 0 Å². The van der Waals surface area contributed by atoms with Crippen molar-refractivity contribution in [3.05, 3.63) is 237 Å². The van der Waals surface area contributed by atoms with E-state index in [0.717, 1.165) is 28.2 Å². The molecule has 10 aromatic carbocycles. The SMILES string of the molecule is c1ccc(-c2ccc(N(c3cc(-c4ccccc4)cc(-c4ccccc4)c3)c3cccc4c3c(-c3ccccc3)c(-c3ccccc3)c3ccccc34)cc2)cc1. The highest BCUT2D eigenvalue weighted by Gasteiger charge is 2.24. The van der Waals surface area contributed by atoms with Gasteiger partial charge in [-0.25, -0.2) is 0 Å². The molecule has 1 nitrogen and oxygen atoms in total. The fourth-order valence-electron chi connectivity index (χ4n) is 8.40.